The van der Waals surface area contributed by atoms with Crippen molar-refractivity contribution in [2.45, 2.75) is 26.2 Å². The molecule has 0 aliphatic carbocycles. The molecular formula is C14H20N2O. The Morgan fingerprint density at radius 3 is 2.94 bits per heavy atom. The molecule has 0 radical (unpaired) electrons. The summed E-state index contributed by atoms with van der Waals surface area (Å²) in [6.07, 6.45) is 6.95. The maximum absolute atomic E-state index is 11.4. The number of carbonyl (C=O) groups is 1. The lowest BCUT2D eigenvalue weighted by atomic mass is 9.94. The minimum absolute atomic E-state index is 0.265. The minimum atomic E-state index is 0.265. The van der Waals surface area contributed by atoms with E-state index in [-0.39, 0.29) is 5.92 Å². The summed E-state index contributed by atoms with van der Waals surface area (Å²) in [5.41, 5.74) is 1.32. The highest BCUT2D eigenvalue weighted by Crippen LogP contribution is 2.17. The van der Waals surface area contributed by atoms with Crippen molar-refractivity contribution in [1.82, 2.24) is 9.88 Å². The van der Waals surface area contributed by atoms with Crippen LogP contribution in [-0.4, -0.2) is 35.3 Å². The van der Waals surface area contributed by atoms with E-state index in [0.29, 0.717) is 5.78 Å². The second-order valence-electron chi connectivity index (χ2n) is 4.86. The topological polar surface area (TPSA) is 33.2 Å². The highest BCUT2D eigenvalue weighted by atomic mass is 16.1. The van der Waals surface area contributed by atoms with Gasteiger partial charge in [0.05, 0.1) is 0 Å². The monoisotopic (exact) mass is 232 g/mol. The second kappa shape index (κ2) is 5.92. The third-order valence-electron chi connectivity index (χ3n) is 3.55. The molecule has 0 spiro atoms. The fraction of sp³-hybridized carbons (Fsp3) is 0.571. The number of aromatic nitrogens is 1. The number of hydrogen-bond acceptors (Lipinski definition) is 3. The van der Waals surface area contributed by atoms with Crippen LogP contribution in [0.2, 0.25) is 0 Å². The molecule has 17 heavy (non-hydrogen) atoms. The van der Waals surface area contributed by atoms with Gasteiger partial charge in [0.1, 0.15) is 5.78 Å². The lowest BCUT2D eigenvalue weighted by Gasteiger charge is -2.31. The first kappa shape index (κ1) is 12.2. The summed E-state index contributed by atoms with van der Waals surface area (Å²) >= 11 is 0. The highest BCUT2D eigenvalue weighted by Gasteiger charge is 2.22. The predicted octanol–water partition coefficient (Wildman–Crippen LogP) is 1.93. The van der Waals surface area contributed by atoms with Gasteiger partial charge in [0, 0.05) is 31.4 Å². The molecule has 2 rings (SSSR count). The second-order valence-corrected chi connectivity index (χ2v) is 4.86. The summed E-state index contributed by atoms with van der Waals surface area (Å²) < 4.78 is 0. The molecule has 0 amide bonds. The molecule has 1 aromatic rings. The number of Topliss-reactive ketones (excluding diaryl/α,β-unsaturated/α-hetero) is 1. The van der Waals surface area contributed by atoms with E-state index in [1.165, 1.54) is 5.56 Å². The molecule has 1 atom stereocenters. The Balaban J connectivity index is 1.81. The van der Waals surface area contributed by atoms with Gasteiger partial charge in [-0.2, -0.15) is 0 Å². The van der Waals surface area contributed by atoms with E-state index in [1.54, 1.807) is 6.92 Å². The zero-order valence-electron chi connectivity index (χ0n) is 10.4. The SMILES string of the molecule is CC(=O)C1CCCN(CCc2ccncc2)C1. The molecular weight excluding hydrogens is 212 g/mol. The Morgan fingerprint density at radius 2 is 2.24 bits per heavy atom. The van der Waals surface area contributed by atoms with Crippen LogP contribution in [0.25, 0.3) is 0 Å². The summed E-state index contributed by atoms with van der Waals surface area (Å²) in [6, 6.07) is 4.12. The summed E-state index contributed by atoms with van der Waals surface area (Å²) in [4.78, 5) is 17.8. The lowest BCUT2D eigenvalue weighted by molar-refractivity contribution is -0.122. The molecule has 1 fully saturated rings. The predicted molar refractivity (Wildman–Crippen MR) is 67.8 cm³/mol. The van der Waals surface area contributed by atoms with Crippen LogP contribution < -0.4 is 0 Å². The molecule has 3 heteroatoms. The Kier molecular flexibility index (Phi) is 4.26. The Bertz CT molecular complexity index is 364. The Labute approximate surface area is 103 Å². The zero-order chi connectivity index (χ0) is 12.1. The average molecular weight is 232 g/mol. The number of piperidine rings is 1. The number of ketones is 1. The van der Waals surface area contributed by atoms with Gasteiger partial charge < -0.3 is 4.90 Å². The normalized spacial score (nSPS) is 21.4. The molecule has 2 heterocycles. The van der Waals surface area contributed by atoms with Gasteiger partial charge in [-0.1, -0.05) is 0 Å². The number of pyridine rings is 1. The molecule has 1 unspecified atom stereocenters. The van der Waals surface area contributed by atoms with E-state index in [0.717, 1.165) is 38.9 Å². The molecule has 1 saturated heterocycles. The number of rotatable bonds is 4. The molecule has 0 bridgehead atoms. The third-order valence-corrected chi connectivity index (χ3v) is 3.55. The van der Waals surface area contributed by atoms with Crippen LogP contribution in [0.4, 0.5) is 0 Å². The van der Waals surface area contributed by atoms with Crippen LogP contribution in [0.15, 0.2) is 24.5 Å². The molecule has 0 aromatic carbocycles. The van der Waals surface area contributed by atoms with Gasteiger partial charge >= 0.3 is 0 Å². The first-order valence-electron chi connectivity index (χ1n) is 6.37. The van der Waals surface area contributed by atoms with E-state index in [2.05, 4.69) is 22.0 Å². The summed E-state index contributed by atoms with van der Waals surface area (Å²) in [6.45, 7) is 4.85. The van der Waals surface area contributed by atoms with Gasteiger partial charge in [-0.15, -0.1) is 0 Å². The lowest BCUT2D eigenvalue weighted by Crippen LogP contribution is -2.39. The summed E-state index contributed by atoms with van der Waals surface area (Å²) in [7, 11) is 0. The van der Waals surface area contributed by atoms with E-state index in [4.69, 9.17) is 0 Å². The molecule has 1 aliphatic heterocycles. The Morgan fingerprint density at radius 1 is 1.47 bits per heavy atom. The number of hydrogen-bond donors (Lipinski definition) is 0. The van der Waals surface area contributed by atoms with Gasteiger partial charge in [-0.05, 0) is 50.4 Å². The van der Waals surface area contributed by atoms with E-state index < -0.39 is 0 Å². The number of carbonyl (C=O) groups excluding carboxylic acids is 1. The maximum atomic E-state index is 11.4. The fourth-order valence-corrected chi connectivity index (χ4v) is 2.43. The Hall–Kier alpha value is -1.22. The van der Waals surface area contributed by atoms with E-state index in [1.807, 2.05) is 12.4 Å². The number of nitrogens with zero attached hydrogens (tertiary/aromatic N) is 2. The van der Waals surface area contributed by atoms with E-state index >= 15 is 0 Å². The van der Waals surface area contributed by atoms with Crippen LogP contribution in [0.1, 0.15) is 25.3 Å². The quantitative estimate of drug-likeness (QED) is 0.795. The molecule has 92 valence electrons. The van der Waals surface area contributed by atoms with E-state index in [9.17, 15) is 4.79 Å². The first-order valence-corrected chi connectivity index (χ1v) is 6.37. The zero-order valence-corrected chi connectivity index (χ0v) is 10.4. The summed E-state index contributed by atoms with van der Waals surface area (Å²) in [5, 5.41) is 0. The highest BCUT2D eigenvalue weighted by molar-refractivity contribution is 5.78. The van der Waals surface area contributed by atoms with Crippen molar-refractivity contribution in [2.24, 2.45) is 5.92 Å². The third kappa shape index (κ3) is 3.63. The van der Waals surface area contributed by atoms with Gasteiger partial charge in [0.25, 0.3) is 0 Å². The first-order chi connectivity index (χ1) is 8.25. The van der Waals surface area contributed by atoms with Crippen molar-refractivity contribution in [1.29, 1.82) is 0 Å². The van der Waals surface area contributed by atoms with Crippen molar-refractivity contribution >= 4 is 5.78 Å². The maximum Gasteiger partial charge on any atom is 0.134 e. The van der Waals surface area contributed by atoms with Crippen LogP contribution in [0, 0.1) is 5.92 Å². The average Bonchev–Trinajstić information content (AvgIpc) is 2.38. The van der Waals surface area contributed by atoms with Gasteiger partial charge in [0.2, 0.25) is 0 Å². The van der Waals surface area contributed by atoms with Crippen LogP contribution >= 0.6 is 0 Å². The molecule has 3 nitrogen and oxygen atoms in total. The van der Waals surface area contributed by atoms with Gasteiger partial charge in [-0.3, -0.25) is 9.78 Å². The van der Waals surface area contributed by atoms with Gasteiger partial charge in [-0.25, -0.2) is 0 Å². The summed E-state index contributed by atoms with van der Waals surface area (Å²) in [5.74, 6) is 0.611. The smallest absolute Gasteiger partial charge is 0.134 e. The van der Waals surface area contributed by atoms with Crippen molar-refractivity contribution in [3.8, 4) is 0 Å². The van der Waals surface area contributed by atoms with Crippen LogP contribution in [0.3, 0.4) is 0 Å². The standard InChI is InChI=1S/C14H20N2O/c1-12(17)14-3-2-9-16(11-14)10-6-13-4-7-15-8-5-13/h4-5,7-8,14H,2-3,6,9-11H2,1H3. The molecule has 0 N–H and O–H groups in total. The van der Waals surface area contributed by atoms with Gasteiger partial charge in [0.15, 0.2) is 0 Å². The molecule has 1 aliphatic rings. The molecule has 0 saturated carbocycles. The molecule has 1 aromatic heterocycles. The fourth-order valence-electron chi connectivity index (χ4n) is 2.43. The van der Waals surface area contributed by atoms with Crippen molar-refractivity contribution in [3.05, 3.63) is 30.1 Å². The number of likely N-dealkylation sites (tertiary alicyclic amines) is 1. The van der Waals surface area contributed by atoms with Crippen LogP contribution in [-0.2, 0) is 11.2 Å². The van der Waals surface area contributed by atoms with Crippen molar-refractivity contribution in [2.75, 3.05) is 19.6 Å². The van der Waals surface area contributed by atoms with Crippen molar-refractivity contribution < 1.29 is 4.79 Å². The largest absolute Gasteiger partial charge is 0.302 e. The van der Waals surface area contributed by atoms with Crippen LogP contribution in [0.5, 0.6) is 0 Å². The minimum Gasteiger partial charge on any atom is -0.302 e. The van der Waals surface area contributed by atoms with Crippen molar-refractivity contribution in [3.63, 3.8) is 0 Å².